The Morgan fingerprint density at radius 2 is 2.24 bits per heavy atom. The van der Waals surface area contributed by atoms with Crippen LogP contribution in [0.3, 0.4) is 0 Å². The summed E-state index contributed by atoms with van der Waals surface area (Å²) in [6, 6.07) is 1.51. The SMILES string of the molecule is Cc1nc(C)n(C[C@@H]2CCCN([C@H](C)C(=O)Nc3cc(C)on3)C2)n1. The molecule has 2 aromatic rings. The van der Waals surface area contributed by atoms with Crippen molar-refractivity contribution < 1.29 is 9.32 Å². The van der Waals surface area contributed by atoms with E-state index < -0.39 is 0 Å². The van der Waals surface area contributed by atoms with Crippen molar-refractivity contribution in [2.75, 3.05) is 18.4 Å². The summed E-state index contributed by atoms with van der Waals surface area (Å²) in [6.45, 7) is 10.3. The van der Waals surface area contributed by atoms with Crippen LogP contribution in [-0.4, -0.2) is 49.9 Å². The van der Waals surface area contributed by atoms with Crippen molar-refractivity contribution in [3.8, 4) is 0 Å². The molecule has 1 saturated heterocycles. The van der Waals surface area contributed by atoms with Crippen molar-refractivity contribution in [2.45, 2.75) is 53.1 Å². The monoisotopic (exact) mass is 346 g/mol. The average molecular weight is 346 g/mol. The molecular weight excluding hydrogens is 320 g/mol. The number of likely N-dealkylation sites (tertiary alicyclic amines) is 1. The number of piperidine rings is 1. The first-order valence-corrected chi connectivity index (χ1v) is 8.78. The summed E-state index contributed by atoms with van der Waals surface area (Å²) in [6.07, 6.45) is 2.23. The average Bonchev–Trinajstić information content (AvgIpc) is 3.11. The second-order valence-corrected chi connectivity index (χ2v) is 6.88. The van der Waals surface area contributed by atoms with Crippen LogP contribution in [0.5, 0.6) is 0 Å². The Morgan fingerprint density at radius 1 is 1.44 bits per heavy atom. The number of hydrogen-bond donors (Lipinski definition) is 1. The molecule has 1 fully saturated rings. The molecule has 2 aromatic heterocycles. The molecule has 0 bridgehead atoms. The van der Waals surface area contributed by atoms with Gasteiger partial charge in [0.15, 0.2) is 5.82 Å². The highest BCUT2D eigenvalue weighted by Crippen LogP contribution is 2.21. The van der Waals surface area contributed by atoms with Crippen molar-refractivity contribution in [3.05, 3.63) is 23.5 Å². The number of anilines is 1. The van der Waals surface area contributed by atoms with Crippen molar-refractivity contribution in [3.63, 3.8) is 0 Å². The quantitative estimate of drug-likeness (QED) is 0.890. The molecule has 8 heteroatoms. The Labute approximate surface area is 147 Å². The van der Waals surface area contributed by atoms with Gasteiger partial charge in [-0.2, -0.15) is 5.10 Å². The van der Waals surface area contributed by atoms with Crippen LogP contribution < -0.4 is 5.32 Å². The van der Waals surface area contributed by atoms with E-state index >= 15 is 0 Å². The predicted molar refractivity (Wildman–Crippen MR) is 93.1 cm³/mol. The van der Waals surface area contributed by atoms with Gasteiger partial charge in [-0.15, -0.1) is 0 Å². The maximum atomic E-state index is 12.5. The van der Waals surface area contributed by atoms with Crippen LogP contribution in [0.4, 0.5) is 5.82 Å². The number of nitrogens with zero attached hydrogens (tertiary/aromatic N) is 5. The van der Waals surface area contributed by atoms with Crippen LogP contribution in [0.1, 0.15) is 37.2 Å². The van der Waals surface area contributed by atoms with Crippen LogP contribution in [0, 0.1) is 26.7 Å². The fraction of sp³-hybridized carbons (Fsp3) is 0.647. The van der Waals surface area contributed by atoms with Crippen LogP contribution in [0.25, 0.3) is 0 Å². The summed E-state index contributed by atoms with van der Waals surface area (Å²) in [5.74, 6) is 3.32. The lowest BCUT2D eigenvalue weighted by Gasteiger charge is -2.36. The molecule has 3 rings (SSSR count). The largest absolute Gasteiger partial charge is 0.360 e. The third-order valence-corrected chi connectivity index (χ3v) is 4.75. The number of aromatic nitrogens is 4. The molecule has 25 heavy (non-hydrogen) atoms. The Bertz CT molecular complexity index is 737. The van der Waals surface area contributed by atoms with Gasteiger partial charge in [-0.05, 0) is 53.0 Å². The van der Waals surface area contributed by atoms with E-state index in [0.717, 1.165) is 44.1 Å². The van der Waals surface area contributed by atoms with E-state index in [0.29, 0.717) is 17.5 Å². The van der Waals surface area contributed by atoms with Gasteiger partial charge in [0.25, 0.3) is 0 Å². The molecule has 0 spiro atoms. The first-order chi connectivity index (χ1) is 11.9. The molecule has 136 valence electrons. The molecule has 0 radical (unpaired) electrons. The fourth-order valence-corrected chi connectivity index (χ4v) is 3.40. The first kappa shape index (κ1) is 17.6. The molecule has 1 aliphatic heterocycles. The number of carbonyl (C=O) groups excluding carboxylic acids is 1. The number of rotatable bonds is 5. The predicted octanol–water partition coefficient (Wildman–Crippen LogP) is 1.93. The molecule has 0 aromatic carbocycles. The summed E-state index contributed by atoms with van der Waals surface area (Å²) in [5.41, 5.74) is 0. The van der Waals surface area contributed by atoms with Gasteiger partial charge in [-0.1, -0.05) is 5.16 Å². The van der Waals surface area contributed by atoms with Gasteiger partial charge in [0.1, 0.15) is 17.4 Å². The second kappa shape index (κ2) is 7.35. The highest BCUT2D eigenvalue weighted by atomic mass is 16.5. The van der Waals surface area contributed by atoms with E-state index in [1.807, 2.05) is 25.5 Å². The van der Waals surface area contributed by atoms with Gasteiger partial charge >= 0.3 is 0 Å². The van der Waals surface area contributed by atoms with Crippen molar-refractivity contribution in [1.82, 2.24) is 24.8 Å². The van der Waals surface area contributed by atoms with Gasteiger partial charge in [-0.25, -0.2) is 9.67 Å². The molecule has 8 nitrogen and oxygen atoms in total. The molecular formula is C17H26N6O2. The van der Waals surface area contributed by atoms with Crippen LogP contribution in [0.15, 0.2) is 10.6 Å². The lowest BCUT2D eigenvalue weighted by Crippen LogP contribution is -2.47. The van der Waals surface area contributed by atoms with Crippen molar-refractivity contribution in [1.29, 1.82) is 0 Å². The zero-order valence-corrected chi connectivity index (χ0v) is 15.3. The zero-order chi connectivity index (χ0) is 18.0. The van der Waals surface area contributed by atoms with E-state index in [-0.39, 0.29) is 11.9 Å². The van der Waals surface area contributed by atoms with E-state index in [2.05, 4.69) is 25.5 Å². The lowest BCUT2D eigenvalue weighted by molar-refractivity contribution is -0.121. The number of hydrogen-bond acceptors (Lipinski definition) is 6. The maximum Gasteiger partial charge on any atom is 0.242 e. The Kier molecular flexibility index (Phi) is 5.17. The van der Waals surface area contributed by atoms with E-state index in [4.69, 9.17) is 4.52 Å². The third-order valence-electron chi connectivity index (χ3n) is 4.75. The minimum atomic E-state index is -0.210. The summed E-state index contributed by atoms with van der Waals surface area (Å²) < 4.78 is 6.97. The summed E-state index contributed by atoms with van der Waals surface area (Å²) >= 11 is 0. The standard InChI is InChI=1S/C17H26N6O2/c1-11-8-16(21-25-11)19-17(24)12(2)22-7-5-6-15(9-22)10-23-14(4)18-13(3)20-23/h8,12,15H,5-7,9-10H2,1-4H3,(H,19,21,24)/t12-,15-/m1/s1. The summed E-state index contributed by atoms with van der Waals surface area (Å²) in [4.78, 5) is 19.1. The third kappa shape index (κ3) is 4.25. The lowest BCUT2D eigenvalue weighted by atomic mass is 9.96. The van der Waals surface area contributed by atoms with E-state index in [1.165, 1.54) is 0 Å². The highest BCUT2D eigenvalue weighted by Gasteiger charge is 2.28. The summed E-state index contributed by atoms with van der Waals surface area (Å²) in [5, 5.41) is 11.1. The van der Waals surface area contributed by atoms with Crippen LogP contribution >= 0.6 is 0 Å². The van der Waals surface area contributed by atoms with Gasteiger partial charge in [0.2, 0.25) is 5.91 Å². The molecule has 1 N–H and O–H groups in total. The number of amides is 1. The van der Waals surface area contributed by atoms with Crippen LogP contribution in [-0.2, 0) is 11.3 Å². The van der Waals surface area contributed by atoms with Crippen LogP contribution in [0.2, 0.25) is 0 Å². The van der Waals surface area contributed by atoms with Crippen molar-refractivity contribution >= 4 is 11.7 Å². The number of carbonyl (C=O) groups is 1. The van der Waals surface area contributed by atoms with E-state index in [1.54, 1.807) is 13.0 Å². The normalized spacial score (nSPS) is 19.8. The number of nitrogens with one attached hydrogen (secondary N) is 1. The zero-order valence-electron chi connectivity index (χ0n) is 15.3. The van der Waals surface area contributed by atoms with Gasteiger partial charge in [0.05, 0.1) is 6.04 Å². The van der Waals surface area contributed by atoms with Crippen molar-refractivity contribution in [2.24, 2.45) is 5.92 Å². The van der Waals surface area contributed by atoms with Gasteiger partial charge in [-0.3, -0.25) is 9.69 Å². The first-order valence-electron chi connectivity index (χ1n) is 8.78. The Balaban J connectivity index is 1.58. The maximum absolute atomic E-state index is 12.5. The molecule has 1 aliphatic rings. The molecule has 2 atom stereocenters. The topological polar surface area (TPSA) is 89.1 Å². The molecule has 3 heterocycles. The second-order valence-electron chi connectivity index (χ2n) is 6.88. The van der Waals surface area contributed by atoms with Gasteiger partial charge < -0.3 is 9.84 Å². The fourth-order valence-electron chi connectivity index (χ4n) is 3.40. The highest BCUT2D eigenvalue weighted by molar-refractivity contribution is 5.93. The molecule has 1 amide bonds. The van der Waals surface area contributed by atoms with E-state index in [9.17, 15) is 4.79 Å². The molecule has 0 unspecified atom stereocenters. The Hall–Kier alpha value is -2.22. The molecule has 0 saturated carbocycles. The summed E-state index contributed by atoms with van der Waals surface area (Å²) in [7, 11) is 0. The van der Waals surface area contributed by atoms with Gasteiger partial charge in [0, 0.05) is 19.2 Å². The minimum Gasteiger partial charge on any atom is -0.360 e. The minimum absolute atomic E-state index is 0.0540. The smallest absolute Gasteiger partial charge is 0.242 e. The molecule has 0 aliphatic carbocycles. The number of aryl methyl sites for hydroxylation is 3. The Morgan fingerprint density at radius 3 is 2.88 bits per heavy atom.